The molecule has 0 spiro atoms. The van der Waals surface area contributed by atoms with Crippen LogP contribution in [0.25, 0.3) is 11.3 Å². The molecule has 144 valence electrons. The lowest BCUT2D eigenvalue weighted by atomic mass is 10.1. The second-order valence-electron chi connectivity index (χ2n) is 6.31. The molecule has 0 aliphatic carbocycles. The molecule has 0 radical (unpaired) electrons. The molecule has 0 aliphatic heterocycles. The first-order valence-corrected chi connectivity index (χ1v) is 9.60. The van der Waals surface area contributed by atoms with Crippen LogP contribution in [0.1, 0.15) is 23.5 Å². The Morgan fingerprint density at radius 1 is 1.26 bits per heavy atom. The Morgan fingerprint density at radius 3 is 2.70 bits per heavy atom. The summed E-state index contributed by atoms with van der Waals surface area (Å²) in [5, 5.41) is 5.58. The first kappa shape index (κ1) is 21.4. The standard InChI is InChI=1S/C20H25N5S.HI/c1-15(18-10-7-11-26-18)12-23-20(21-2)25(3)14-19-22-13-17(24-19)16-8-5-4-6-9-16;/h4-11,13,15H,12,14H2,1-3H3,(H,21,23)(H,22,24);1H. The molecule has 1 atom stereocenters. The van der Waals surface area contributed by atoms with Crippen LogP contribution in [0, 0.1) is 0 Å². The van der Waals surface area contributed by atoms with Crippen LogP contribution in [-0.2, 0) is 6.54 Å². The number of aromatic nitrogens is 2. The second-order valence-corrected chi connectivity index (χ2v) is 7.29. The zero-order valence-corrected chi connectivity index (χ0v) is 19.0. The number of imidazole rings is 1. The molecular formula is C20H26IN5S. The molecule has 2 N–H and O–H groups in total. The van der Waals surface area contributed by atoms with Gasteiger partial charge in [-0.1, -0.05) is 43.3 Å². The quantitative estimate of drug-likeness (QED) is 0.299. The molecule has 0 saturated carbocycles. The number of aliphatic imine (C=N–C) groups is 1. The minimum Gasteiger partial charge on any atom is -0.356 e. The van der Waals surface area contributed by atoms with Crippen molar-refractivity contribution in [2.45, 2.75) is 19.4 Å². The highest BCUT2D eigenvalue weighted by atomic mass is 127. The Morgan fingerprint density at radius 2 is 2.04 bits per heavy atom. The minimum absolute atomic E-state index is 0. The van der Waals surface area contributed by atoms with E-state index in [0.29, 0.717) is 12.5 Å². The highest BCUT2D eigenvalue weighted by Crippen LogP contribution is 2.20. The van der Waals surface area contributed by atoms with E-state index in [9.17, 15) is 0 Å². The van der Waals surface area contributed by atoms with E-state index in [-0.39, 0.29) is 24.0 Å². The largest absolute Gasteiger partial charge is 0.356 e. The van der Waals surface area contributed by atoms with Crippen molar-refractivity contribution in [1.82, 2.24) is 20.2 Å². The van der Waals surface area contributed by atoms with Gasteiger partial charge in [-0.25, -0.2) is 4.98 Å². The third-order valence-corrected chi connectivity index (χ3v) is 5.37. The molecule has 27 heavy (non-hydrogen) atoms. The fourth-order valence-electron chi connectivity index (χ4n) is 2.81. The van der Waals surface area contributed by atoms with E-state index in [4.69, 9.17) is 0 Å². The smallest absolute Gasteiger partial charge is 0.193 e. The van der Waals surface area contributed by atoms with Gasteiger partial charge in [-0.05, 0) is 17.0 Å². The Balaban J connectivity index is 0.00000261. The summed E-state index contributed by atoms with van der Waals surface area (Å²) in [6.07, 6.45) is 1.88. The van der Waals surface area contributed by atoms with Crippen molar-refractivity contribution >= 4 is 41.3 Å². The average molecular weight is 495 g/mol. The zero-order chi connectivity index (χ0) is 18.4. The van der Waals surface area contributed by atoms with Gasteiger partial charge in [0.15, 0.2) is 5.96 Å². The van der Waals surface area contributed by atoms with Gasteiger partial charge in [-0.15, -0.1) is 35.3 Å². The van der Waals surface area contributed by atoms with Crippen LogP contribution in [0.15, 0.2) is 59.0 Å². The first-order chi connectivity index (χ1) is 12.7. The molecule has 1 unspecified atom stereocenters. The maximum atomic E-state index is 4.51. The maximum Gasteiger partial charge on any atom is 0.193 e. The van der Waals surface area contributed by atoms with Gasteiger partial charge in [-0.3, -0.25) is 4.99 Å². The van der Waals surface area contributed by atoms with Gasteiger partial charge >= 0.3 is 0 Å². The van der Waals surface area contributed by atoms with Crippen LogP contribution in [0.3, 0.4) is 0 Å². The number of benzene rings is 1. The van der Waals surface area contributed by atoms with Crippen LogP contribution in [0.5, 0.6) is 0 Å². The monoisotopic (exact) mass is 495 g/mol. The summed E-state index contributed by atoms with van der Waals surface area (Å²) in [7, 11) is 3.84. The molecule has 0 saturated heterocycles. The van der Waals surface area contributed by atoms with Crippen molar-refractivity contribution in [3.63, 3.8) is 0 Å². The van der Waals surface area contributed by atoms with Crippen LogP contribution in [-0.4, -0.2) is 41.5 Å². The van der Waals surface area contributed by atoms with Gasteiger partial charge in [0.05, 0.1) is 18.4 Å². The fraction of sp³-hybridized carbons (Fsp3) is 0.300. The maximum absolute atomic E-state index is 4.51. The Hall–Kier alpha value is -1.87. The third kappa shape index (κ3) is 5.80. The minimum atomic E-state index is 0. The molecular weight excluding hydrogens is 469 g/mol. The van der Waals surface area contributed by atoms with Crippen LogP contribution < -0.4 is 5.32 Å². The number of thiophene rings is 1. The molecule has 3 aromatic rings. The van der Waals surface area contributed by atoms with Gasteiger partial charge in [0.25, 0.3) is 0 Å². The third-order valence-electron chi connectivity index (χ3n) is 4.27. The lowest BCUT2D eigenvalue weighted by Crippen LogP contribution is -2.40. The predicted molar refractivity (Wildman–Crippen MR) is 125 cm³/mol. The normalized spacial score (nSPS) is 12.3. The van der Waals surface area contributed by atoms with E-state index < -0.39 is 0 Å². The van der Waals surface area contributed by atoms with E-state index in [2.05, 4.69) is 61.7 Å². The summed E-state index contributed by atoms with van der Waals surface area (Å²) >= 11 is 1.79. The zero-order valence-electron chi connectivity index (χ0n) is 15.8. The number of guanidine groups is 1. The summed E-state index contributed by atoms with van der Waals surface area (Å²) in [6.45, 7) is 3.75. The molecule has 3 rings (SSSR count). The molecule has 1 aromatic carbocycles. The number of hydrogen-bond donors (Lipinski definition) is 2. The number of H-pyrrole nitrogens is 1. The molecule has 0 aliphatic rings. The summed E-state index contributed by atoms with van der Waals surface area (Å²) < 4.78 is 0. The topological polar surface area (TPSA) is 56.3 Å². The van der Waals surface area contributed by atoms with Crippen molar-refractivity contribution in [1.29, 1.82) is 0 Å². The van der Waals surface area contributed by atoms with Crippen LogP contribution >= 0.6 is 35.3 Å². The highest BCUT2D eigenvalue weighted by molar-refractivity contribution is 14.0. The SMILES string of the molecule is CN=C(NCC(C)c1cccs1)N(C)Cc1ncc(-c2ccccc2)[nH]1.I. The molecule has 0 bridgehead atoms. The summed E-state index contributed by atoms with van der Waals surface area (Å²) in [6, 6.07) is 14.5. The number of rotatable bonds is 6. The average Bonchev–Trinajstić information content (AvgIpc) is 3.35. The molecule has 5 nitrogen and oxygen atoms in total. The summed E-state index contributed by atoms with van der Waals surface area (Å²) in [5.74, 6) is 2.24. The number of nitrogens with one attached hydrogen (secondary N) is 2. The Bertz CT molecular complexity index is 829. The van der Waals surface area contributed by atoms with E-state index in [0.717, 1.165) is 29.6 Å². The van der Waals surface area contributed by atoms with Gasteiger partial charge in [0.1, 0.15) is 5.82 Å². The van der Waals surface area contributed by atoms with E-state index in [1.165, 1.54) is 4.88 Å². The highest BCUT2D eigenvalue weighted by Gasteiger charge is 2.12. The van der Waals surface area contributed by atoms with Crippen molar-refractivity contribution in [3.05, 3.63) is 64.7 Å². The van der Waals surface area contributed by atoms with Crippen molar-refractivity contribution < 1.29 is 0 Å². The molecule has 2 heterocycles. The van der Waals surface area contributed by atoms with Crippen LogP contribution in [0.4, 0.5) is 0 Å². The molecule has 2 aromatic heterocycles. The van der Waals surface area contributed by atoms with Gasteiger partial charge in [0.2, 0.25) is 0 Å². The Labute approximate surface area is 182 Å². The van der Waals surface area contributed by atoms with E-state index >= 15 is 0 Å². The van der Waals surface area contributed by atoms with Crippen LogP contribution in [0.2, 0.25) is 0 Å². The number of hydrogen-bond acceptors (Lipinski definition) is 3. The molecule has 0 amide bonds. The fourth-order valence-corrected chi connectivity index (χ4v) is 3.60. The molecule has 0 fully saturated rings. The van der Waals surface area contributed by atoms with E-state index in [1.54, 1.807) is 11.3 Å². The van der Waals surface area contributed by atoms with Gasteiger partial charge in [-0.2, -0.15) is 0 Å². The summed E-state index contributed by atoms with van der Waals surface area (Å²) in [5.41, 5.74) is 2.17. The first-order valence-electron chi connectivity index (χ1n) is 8.72. The number of halogens is 1. The second kappa shape index (κ2) is 10.5. The number of aromatic amines is 1. The Kier molecular flexibility index (Phi) is 8.30. The van der Waals surface area contributed by atoms with Gasteiger partial charge in [0, 0.05) is 31.4 Å². The molecule has 7 heteroatoms. The van der Waals surface area contributed by atoms with Crippen molar-refractivity contribution in [2.24, 2.45) is 4.99 Å². The van der Waals surface area contributed by atoms with E-state index in [1.807, 2.05) is 38.5 Å². The lowest BCUT2D eigenvalue weighted by molar-refractivity contribution is 0.461. The van der Waals surface area contributed by atoms with Crippen molar-refractivity contribution in [3.8, 4) is 11.3 Å². The number of nitrogens with zero attached hydrogens (tertiary/aromatic N) is 3. The van der Waals surface area contributed by atoms with Gasteiger partial charge < -0.3 is 15.2 Å². The van der Waals surface area contributed by atoms with Crippen molar-refractivity contribution in [2.75, 3.05) is 20.6 Å². The summed E-state index contributed by atoms with van der Waals surface area (Å²) in [4.78, 5) is 15.8. The lowest BCUT2D eigenvalue weighted by Gasteiger charge is -2.22. The predicted octanol–water partition coefficient (Wildman–Crippen LogP) is 4.57.